The Morgan fingerprint density at radius 2 is 1.76 bits per heavy atom. The fraction of sp³-hybridized carbons (Fsp3) is 0.222. The zero-order valence-corrected chi connectivity index (χ0v) is 20.8. The summed E-state index contributed by atoms with van der Waals surface area (Å²) in [6.07, 6.45) is 4.97. The van der Waals surface area contributed by atoms with Crippen molar-refractivity contribution in [3.05, 3.63) is 78.6 Å². The smallest absolute Gasteiger partial charge is 0.341 e. The molecule has 0 N–H and O–H groups in total. The first-order valence-electron chi connectivity index (χ1n) is 11.7. The number of benzene rings is 2. The molecule has 0 bridgehead atoms. The molecule has 5 rings (SSSR count). The average Bonchev–Trinajstić information content (AvgIpc) is 3.34. The molecular weight excluding hydrogens is 496 g/mol. The molecule has 0 saturated heterocycles. The van der Waals surface area contributed by atoms with Crippen LogP contribution < -0.4 is 9.47 Å². The van der Waals surface area contributed by atoms with Gasteiger partial charge in [0.1, 0.15) is 28.6 Å². The highest BCUT2D eigenvalue weighted by Crippen LogP contribution is 2.33. The van der Waals surface area contributed by atoms with Crippen LogP contribution in [0.15, 0.2) is 78.0 Å². The summed E-state index contributed by atoms with van der Waals surface area (Å²) in [5.41, 5.74) is 0.436. The van der Waals surface area contributed by atoms with E-state index in [4.69, 9.17) is 14.2 Å². The van der Waals surface area contributed by atoms with Gasteiger partial charge in [-0.15, -0.1) is 0 Å². The summed E-state index contributed by atoms with van der Waals surface area (Å²) in [4.78, 5) is 28.4. The third-order valence-corrected chi connectivity index (χ3v) is 7.83. The summed E-state index contributed by atoms with van der Waals surface area (Å²) in [5, 5.41) is 0.538. The number of ketones is 1. The van der Waals surface area contributed by atoms with Crippen molar-refractivity contribution in [1.82, 2.24) is 8.96 Å². The van der Waals surface area contributed by atoms with Crippen molar-refractivity contribution in [3.63, 3.8) is 0 Å². The molecule has 37 heavy (non-hydrogen) atoms. The first-order chi connectivity index (χ1) is 17.8. The second-order valence-electron chi connectivity index (χ2n) is 8.62. The Morgan fingerprint density at radius 3 is 2.49 bits per heavy atom. The molecule has 2 aromatic heterocycles. The molecule has 190 valence electrons. The van der Waals surface area contributed by atoms with E-state index in [-0.39, 0.29) is 33.7 Å². The van der Waals surface area contributed by atoms with Gasteiger partial charge in [0.25, 0.3) is 10.0 Å². The van der Waals surface area contributed by atoms with E-state index in [1.807, 2.05) is 0 Å². The quantitative estimate of drug-likeness (QED) is 0.321. The van der Waals surface area contributed by atoms with E-state index in [0.29, 0.717) is 42.6 Å². The summed E-state index contributed by atoms with van der Waals surface area (Å²) < 4.78 is 44.2. The highest BCUT2D eigenvalue weighted by atomic mass is 32.2. The van der Waals surface area contributed by atoms with Gasteiger partial charge in [-0.2, -0.15) is 0 Å². The van der Waals surface area contributed by atoms with Gasteiger partial charge in [-0.25, -0.2) is 22.2 Å². The van der Waals surface area contributed by atoms with Crippen molar-refractivity contribution < 1.29 is 32.2 Å². The van der Waals surface area contributed by atoms with Gasteiger partial charge in [0.2, 0.25) is 0 Å². The minimum Gasteiger partial charge on any atom is -0.490 e. The number of pyridine rings is 1. The zero-order valence-electron chi connectivity index (χ0n) is 20.0. The number of Topliss-reactive ketones (excluding diaryl/α,β-unsaturated/α-hetero) is 1. The highest BCUT2D eigenvalue weighted by molar-refractivity contribution is 7.90. The van der Waals surface area contributed by atoms with Gasteiger partial charge in [0, 0.05) is 30.5 Å². The number of rotatable bonds is 7. The molecule has 0 atom stereocenters. The molecule has 1 fully saturated rings. The molecule has 0 aliphatic heterocycles. The summed E-state index contributed by atoms with van der Waals surface area (Å²) >= 11 is 0. The maximum Gasteiger partial charge on any atom is 0.341 e. The number of esters is 1. The van der Waals surface area contributed by atoms with Crippen LogP contribution in [0.2, 0.25) is 0 Å². The van der Waals surface area contributed by atoms with Gasteiger partial charge in [0.05, 0.1) is 24.3 Å². The Labute approximate surface area is 213 Å². The number of hydrogen-bond donors (Lipinski definition) is 0. The first kappa shape index (κ1) is 24.5. The molecule has 1 aliphatic carbocycles. The molecule has 0 amide bonds. The van der Waals surface area contributed by atoms with Gasteiger partial charge < -0.3 is 14.2 Å². The summed E-state index contributed by atoms with van der Waals surface area (Å²) in [6, 6.07) is 16.2. The van der Waals surface area contributed by atoms with E-state index in [9.17, 15) is 18.0 Å². The van der Waals surface area contributed by atoms with Crippen LogP contribution in [-0.2, 0) is 19.6 Å². The van der Waals surface area contributed by atoms with E-state index >= 15 is 0 Å². The molecule has 1 saturated carbocycles. The minimum absolute atomic E-state index is 0.0983. The standard InChI is InChI=1S/C27H24N2O7S/c1-34-27(31)24-12-11-21(35-20-9-7-19(30)8-10-20)16-25(24)36-22-15-18-13-14-29(26(18)28-17-22)37(32,33)23-5-3-2-4-6-23/h2-6,11-17,20H,7-10H2,1H3. The second kappa shape index (κ2) is 10.1. The normalized spacial score (nSPS) is 14.5. The molecular formula is C27H24N2O7S. The van der Waals surface area contributed by atoms with Crippen molar-refractivity contribution in [3.8, 4) is 17.2 Å². The maximum absolute atomic E-state index is 13.1. The van der Waals surface area contributed by atoms with E-state index in [1.165, 1.54) is 31.6 Å². The third kappa shape index (κ3) is 5.05. The Balaban J connectivity index is 1.44. The van der Waals surface area contributed by atoms with Crippen LogP contribution in [0, 0.1) is 0 Å². The molecule has 0 unspecified atom stereocenters. The summed E-state index contributed by atoms with van der Waals surface area (Å²) in [7, 11) is -2.55. The van der Waals surface area contributed by atoms with Crippen LogP contribution in [0.3, 0.4) is 0 Å². The van der Waals surface area contributed by atoms with Crippen molar-refractivity contribution >= 4 is 32.8 Å². The number of carbonyl (C=O) groups excluding carboxylic acids is 2. The van der Waals surface area contributed by atoms with Crippen LogP contribution in [0.25, 0.3) is 11.0 Å². The Kier molecular flexibility index (Phi) is 6.66. The first-order valence-corrected chi connectivity index (χ1v) is 13.2. The summed E-state index contributed by atoms with van der Waals surface area (Å²) in [5.74, 6) is 0.648. The van der Waals surface area contributed by atoms with Crippen LogP contribution in [0.4, 0.5) is 0 Å². The Bertz CT molecular complexity index is 1570. The second-order valence-corrected chi connectivity index (χ2v) is 10.4. The molecule has 0 spiro atoms. The lowest BCUT2D eigenvalue weighted by atomic mass is 9.96. The number of hydrogen-bond acceptors (Lipinski definition) is 8. The molecule has 2 heterocycles. The predicted octanol–water partition coefficient (Wildman–Crippen LogP) is 4.74. The van der Waals surface area contributed by atoms with Gasteiger partial charge in [0.15, 0.2) is 5.65 Å². The average molecular weight is 521 g/mol. The number of ether oxygens (including phenoxy) is 3. The minimum atomic E-state index is -3.82. The monoisotopic (exact) mass is 520 g/mol. The van der Waals surface area contributed by atoms with Gasteiger partial charge in [-0.05, 0) is 49.2 Å². The highest BCUT2D eigenvalue weighted by Gasteiger charge is 2.23. The van der Waals surface area contributed by atoms with E-state index in [1.54, 1.807) is 48.5 Å². The zero-order chi connectivity index (χ0) is 26.0. The predicted molar refractivity (Wildman–Crippen MR) is 135 cm³/mol. The van der Waals surface area contributed by atoms with E-state index in [2.05, 4.69) is 4.98 Å². The fourth-order valence-electron chi connectivity index (χ4n) is 4.23. The lowest BCUT2D eigenvalue weighted by Crippen LogP contribution is -2.24. The number of aromatic nitrogens is 2. The lowest BCUT2D eigenvalue weighted by Gasteiger charge is -2.23. The molecule has 10 heteroatoms. The molecule has 1 aliphatic rings. The van der Waals surface area contributed by atoms with Gasteiger partial charge >= 0.3 is 5.97 Å². The van der Waals surface area contributed by atoms with E-state index in [0.717, 1.165) is 3.97 Å². The number of carbonyl (C=O) groups is 2. The van der Waals surface area contributed by atoms with Crippen LogP contribution in [-0.4, -0.2) is 42.3 Å². The number of fused-ring (bicyclic) bond motifs is 1. The van der Waals surface area contributed by atoms with Gasteiger partial charge in [-0.3, -0.25) is 4.79 Å². The molecule has 9 nitrogen and oxygen atoms in total. The van der Waals surface area contributed by atoms with Gasteiger partial charge in [-0.1, -0.05) is 18.2 Å². The Morgan fingerprint density at radius 1 is 1.00 bits per heavy atom. The lowest BCUT2D eigenvalue weighted by molar-refractivity contribution is -0.121. The summed E-state index contributed by atoms with van der Waals surface area (Å²) in [6.45, 7) is 0. The fourth-order valence-corrected chi connectivity index (χ4v) is 5.55. The third-order valence-electron chi connectivity index (χ3n) is 6.15. The van der Waals surface area contributed by atoms with Crippen molar-refractivity contribution in [2.24, 2.45) is 0 Å². The molecule has 0 radical (unpaired) electrons. The molecule has 2 aromatic carbocycles. The van der Waals surface area contributed by atoms with Crippen LogP contribution in [0.5, 0.6) is 17.2 Å². The van der Waals surface area contributed by atoms with Crippen molar-refractivity contribution in [1.29, 1.82) is 0 Å². The number of methoxy groups -OCH3 is 1. The number of nitrogens with zero attached hydrogens (tertiary/aromatic N) is 2. The topological polar surface area (TPSA) is 114 Å². The molecule has 4 aromatic rings. The SMILES string of the molecule is COC(=O)c1ccc(OC2CCC(=O)CC2)cc1Oc1cnc2c(ccn2S(=O)(=O)c2ccccc2)c1. The van der Waals surface area contributed by atoms with Crippen molar-refractivity contribution in [2.45, 2.75) is 36.7 Å². The Hall–Kier alpha value is -4.18. The van der Waals surface area contributed by atoms with Crippen LogP contribution >= 0.6 is 0 Å². The van der Waals surface area contributed by atoms with Crippen molar-refractivity contribution in [2.75, 3.05) is 7.11 Å². The van der Waals surface area contributed by atoms with Crippen LogP contribution in [0.1, 0.15) is 36.0 Å². The van der Waals surface area contributed by atoms with E-state index < -0.39 is 16.0 Å². The maximum atomic E-state index is 13.1. The largest absolute Gasteiger partial charge is 0.490 e.